The van der Waals surface area contributed by atoms with Crippen molar-refractivity contribution in [1.82, 2.24) is 4.57 Å². The van der Waals surface area contributed by atoms with E-state index in [1.54, 1.807) is 4.57 Å². The second-order valence-electron chi connectivity index (χ2n) is 3.61. The Kier molecular flexibility index (Phi) is 4.49. The Morgan fingerprint density at radius 2 is 2.27 bits per heavy atom. The first-order valence-electron chi connectivity index (χ1n) is 5.05. The molecule has 82 valence electrons. The van der Waals surface area contributed by atoms with Crippen LogP contribution in [0.15, 0.2) is 23.1 Å². The summed E-state index contributed by atoms with van der Waals surface area (Å²) in [5, 5.41) is 0. The van der Waals surface area contributed by atoms with Gasteiger partial charge in [-0.1, -0.05) is 18.3 Å². The molecule has 0 bridgehead atoms. The van der Waals surface area contributed by atoms with E-state index in [9.17, 15) is 4.79 Å². The highest BCUT2D eigenvalue weighted by molar-refractivity contribution is 7.80. The molecular formula is C11H16N2OS. The van der Waals surface area contributed by atoms with Crippen LogP contribution in [0.3, 0.4) is 0 Å². The third-order valence-corrected chi connectivity index (χ3v) is 2.49. The van der Waals surface area contributed by atoms with Crippen molar-refractivity contribution in [3.8, 4) is 0 Å². The van der Waals surface area contributed by atoms with E-state index in [0.29, 0.717) is 4.99 Å². The van der Waals surface area contributed by atoms with Crippen molar-refractivity contribution >= 4 is 17.2 Å². The van der Waals surface area contributed by atoms with Crippen molar-refractivity contribution in [1.29, 1.82) is 0 Å². The standard InChI is InChI=1S/C11H16N2OS/c1-9-5-4-8-13(11(9)14)7-3-2-6-10(12)15/h4-5,8H,2-3,6-7H2,1H3,(H2,12,15). The highest BCUT2D eigenvalue weighted by atomic mass is 32.1. The zero-order valence-electron chi connectivity index (χ0n) is 8.90. The molecule has 0 aliphatic rings. The number of unbranched alkanes of at least 4 members (excludes halogenated alkanes) is 1. The van der Waals surface area contributed by atoms with Crippen LogP contribution in [0.1, 0.15) is 24.8 Å². The molecule has 2 N–H and O–H groups in total. The van der Waals surface area contributed by atoms with Gasteiger partial charge in [-0.15, -0.1) is 0 Å². The molecule has 0 radical (unpaired) electrons. The molecule has 1 rings (SSSR count). The van der Waals surface area contributed by atoms with Crippen LogP contribution in [0.25, 0.3) is 0 Å². The SMILES string of the molecule is Cc1cccn(CCCCC(N)=S)c1=O. The first kappa shape index (κ1) is 11.9. The number of hydrogen-bond donors (Lipinski definition) is 1. The second-order valence-corrected chi connectivity index (χ2v) is 4.14. The van der Waals surface area contributed by atoms with Gasteiger partial charge in [0.25, 0.3) is 5.56 Å². The molecule has 0 spiro atoms. The lowest BCUT2D eigenvalue weighted by Gasteiger charge is -2.05. The van der Waals surface area contributed by atoms with Crippen molar-refractivity contribution in [2.45, 2.75) is 32.7 Å². The van der Waals surface area contributed by atoms with Crippen LogP contribution in [0.2, 0.25) is 0 Å². The molecule has 0 atom stereocenters. The van der Waals surface area contributed by atoms with Gasteiger partial charge in [-0.25, -0.2) is 0 Å². The summed E-state index contributed by atoms with van der Waals surface area (Å²) in [7, 11) is 0. The number of nitrogens with two attached hydrogens (primary N) is 1. The van der Waals surface area contributed by atoms with Gasteiger partial charge in [0.2, 0.25) is 0 Å². The van der Waals surface area contributed by atoms with E-state index in [4.69, 9.17) is 18.0 Å². The fourth-order valence-electron chi connectivity index (χ4n) is 1.41. The van der Waals surface area contributed by atoms with E-state index in [1.807, 2.05) is 25.3 Å². The minimum atomic E-state index is 0.0906. The highest BCUT2D eigenvalue weighted by Crippen LogP contribution is 1.98. The fourth-order valence-corrected chi connectivity index (χ4v) is 1.56. The number of hydrogen-bond acceptors (Lipinski definition) is 2. The summed E-state index contributed by atoms with van der Waals surface area (Å²) in [5.74, 6) is 0. The number of thiocarbonyl (C=S) groups is 1. The summed E-state index contributed by atoms with van der Waals surface area (Å²) in [6.45, 7) is 2.57. The Morgan fingerprint density at radius 3 is 2.93 bits per heavy atom. The zero-order valence-corrected chi connectivity index (χ0v) is 9.72. The van der Waals surface area contributed by atoms with Crippen molar-refractivity contribution in [2.24, 2.45) is 5.73 Å². The first-order chi connectivity index (χ1) is 7.11. The summed E-state index contributed by atoms with van der Waals surface area (Å²) in [6.07, 6.45) is 4.45. The van der Waals surface area contributed by atoms with Crippen molar-refractivity contribution in [2.75, 3.05) is 0 Å². The van der Waals surface area contributed by atoms with Gasteiger partial charge in [0, 0.05) is 18.3 Å². The minimum Gasteiger partial charge on any atom is -0.393 e. The van der Waals surface area contributed by atoms with Crippen LogP contribution in [0.5, 0.6) is 0 Å². The van der Waals surface area contributed by atoms with Gasteiger partial charge in [0.05, 0.1) is 4.99 Å². The van der Waals surface area contributed by atoms with E-state index < -0.39 is 0 Å². The summed E-state index contributed by atoms with van der Waals surface area (Å²) in [4.78, 5) is 12.2. The van der Waals surface area contributed by atoms with Crippen molar-refractivity contribution in [3.05, 3.63) is 34.2 Å². The van der Waals surface area contributed by atoms with Gasteiger partial charge in [-0.2, -0.15) is 0 Å². The molecule has 0 saturated carbocycles. The third-order valence-electron chi connectivity index (χ3n) is 2.28. The highest BCUT2D eigenvalue weighted by Gasteiger charge is 1.98. The second kappa shape index (κ2) is 5.66. The summed E-state index contributed by atoms with van der Waals surface area (Å²) >= 11 is 4.78. The number of aryl methyl sites for hydroxylation is 2. The normalized spacial score (nSPS) is 10.2. The van der Waals surface area contributed by atoms with E-state index in [-0.39, 0.29) is 5.56 Å². The minimum absolute atomic E-state index is 0.0906. The maximum atomic E-state index is 11.6. The average molecular weight is 224 g/mol. The van der Waals surface area contributed by atoms with E-state index >= 15 is 0 Å². The van der Waals surface area contributed by atoms with Gasteiger partial charge in [0.1, 0.15) is 0 Å². The summed E-state index contributed by atoms with van der Waals surface area (Å²) < 4.78 is 1.73. The number of nitrogens with zero attached hydrogens (tertiary/aromatic N) is 1. The Labute approximate surface area is 94.9 Å². The average Bonchev–Trinajstić information content (AvgIpc) is 2.18. The number of rotatable bonds is 5. The molecule has 0 unspecified atom stereocenters. The molecule has 4 heteroatoms. The zero-order chi connectivity index (χ0) is 11.3. The first-order valence-corrected chi connectivity index (χ1v) is 5.46. The smallest absolute Gasteiger partial charge is 0.253 e. The molecule has 0 amide bonds. The molecule has 1 aromatic rings. The maximum absolute atomic E-state index is 11.6. The molecule has 1 heterocycles. The maximum Gasteiger partial charge on any atom is 0.253 e. The molecular weight excluding hydrogens is 208 g/mol. The topological polar surface area (TPSA) is 48.0 Å². The van der Waals surface area contributed by atoms with Gasteiger partial charge < -0.3 is 10.3 Å². The molecule has 1 aromatic heterocycles. The van der Waals surface area contributed by atoms with Gasteiger partial charge >= 0.3 is 0 Å². The molecule has 3 nitrogen and oxygen atoms in total. The quantitative estimate of drug-likeness (QED) is 0.610. The van der Waals surface area contributed by atoms with Crippen LogP contribution in [0.4, 0.5) is 0 Å². The summed E-state index contributed by atoms with van der Waals surface area (Å²) in [6, 6.07) is 3.72. The van der Waals surface area contributed by atoms with Gasteiger partial charge in [0.15, 0.2) is 0 Å². The Bertz CT molecular complexity index is 398. The number of aromatic nitrogens is 1. The van der Waals surface area contributed by atoms with Crippen LogP contribution in [-0.4, -0.2) is 9.56 Å². The molecule has 15 heavy (non-hydrogen) atoms. The Morgan fingerprint density at radius 1 is 1.53 bits per heavy atom. The lowest BCUT2D eigenvalue weighted by Crippen LogP contribution is -2.21. The molecule has 0 fully saturated rings. The monoisotopic (exact) mass is 224 g/mol. The van der Waals surface area contributed by atoms with E-state index in [0.717, 1.165) is 31.4 Å². The largest absolute Gasteiger partial charge is 0.393 e. The summed E-state index contributed by atoms with van der Waals surface area (Å²) in [5.41, 5.74) is 6.26. The fraction of sp³-hybridized carbons (Fsp3) is 0.455. The lowest BCUT2D eigenvalue weighted by atomic mass is 10.2. The van der Waals surface area contributed by atoms with E-state index in [1.165, 1.54) is 0 Å². The molecule has 0 aromatic carbocycles. The molecule has 0 aliphatic carbocycles. The van der Waals surface area contributed by atoms with Crippen LogP contribution >= 0.6 is 12.2 Å². The lowest BCUT2D eigenvalue weighted by molar-refractivity contribution is 0.600. The Hall–Kier alpha value is -1.16. The Balaban J connectivity index is 2.48. The third kappa shape index (κ3) is 3.83. The van der Waals surface area contributed by atoms with Gasteiger partial charge in [-0.05, 0) is 32.3 Å². The van der Waals surface area contributed by atoms with Crippen LogP contribution in [-0.2, 0) is 6.54 Å². The predicted octanol–water partition coefficient (Wildman–Crippen LogP) is 1.61. The van der Waals surface area contributed by atoms with E-state index in [2.05, 4.69) is 0 Å². The number of pyridine rings is 1. The molecule has 0 saturated heterocycles. The van der Waals surface area contributed by atoms with Crippen LogP contribution < -0.4 is 11.3 Å². The molecule has 0 aliphatic heterocycles. The van der Waals surface area contributed by atoms with Crippen LogP contribution in [0, 0.1) is 6.92 Å². The van der Waals surface area contributed by atoms with Gasteiger partial charge in [-0.3, -0.25) is 4.79 Å². The van der Waals surface area contributed by atoms with Crippen molar-refractivity contribution in [3.63, 3.8) is 0 Å². The predicted molar refractivity (Wildman–Crippen MR) is 66.1 cm³/mol. The van der Waals surface area contributed by atoms with Crippen molar-refractivity contribution < 1.29 is 0 Å².